The smallest absolute Gasteiger partial charge is 0.130 e. The average molecular weight is 1220 g/mol. The molecule has 0 saturated heterocycles. The molecule has 2 N–H and O–H groups in total. The summed E-state index contributed by atoms with van der Waals surface area (Å²) < 4.78 is 15.1. The molecule has 1 aromatic heterocycles. The summed E-state index contributed by atoms with van der Waals surface area (Å²) in [6.07, 6.45) is 16.6. The Morgan fingerprint density at radius 2 is 1.21 bits per heavy atom. The minimum Gasteiger partial charge on any atom is -0.490 e. The molecule has 0 bridgehead atoms. The van der Waals surface area contributed by atoms with Gasteiger partial charge in [0.25, 0.3) is 0 Å². The molecule has 2 aliphatic carbocycles. The number of hydrogen-bond donors (Lipinski definition) is 2. The Labute approximate surface area is 527 Å². The molecule has 87 heavy (non-hydrogen) atoms. The van der Waals surface area contributed by atoms with Gasteiger partial charge in [-0.25, -0.2) is 0 Å². The van der Waals surface area contributed by atoms with E-state index in [1.54, 1.807) is 42.2 Å². The molecular formula is C73H81N7O4S3. The van der Waals surface area contributed by atoms with Gasteiger partial charge >= 0.3 is 0 Å². The Kier molecular flexibility index (Phi) is 22.4. The van der Waals surface area contributed by atoms with Crippen molar-refractivity contribution >= 4 is 93.3 Å². The molecule has 0 spiro atoms. The van der Waals surface area contributed by atoms with Crippen LogP contribution in [-0.2, 0) is 13.0 Å². The fourth-order valence-electron chi connectivity index (χ4n) is 11.6. The second kappa shape index (κ2) is 31.0. The number of anilines is 2. The van der Waals surface area contributed by atoms with Crippen LogP contribution >= 0.6 is 35.3 Å². The van der Waals surface area contributed by atoms with Crippen molar-refractivity contribution in [3.8, 4) is 22.6 Å². The molecule has 0 aliphatic heterocycles. The second-order valence-electron chi connectivity index (χ2n) is 21.8. The van der Waals surface area contributed by atoms with Crippen LogP contribution in [0, 0.1) is 0 Å². The summed E-state index contributed by atoms with van der Waals surface area (Å²) in [5, 5.41) is 43.1. The van der Waals surface area contributed by atoms with Gasteiger partial charge in [-0.05, 0) is 161 Å². The van der Waals surface area contributed by atoms with Gasteiger partial charge < -0.3 is 34.1 Å². The van der Waals surface area contributed by atoms with Crippen LogP contribution < -0.4 is 19.3 Å². The van der Waals surface area contributed by atoms with Gasteiger partial charge in [0, 0.05) is 126 Å². The van der Waals surface area contributed by atoms with E-state index in [1.807, 2.05) is 42.2 Å². The molecule has 450 valence electrons. The van der Waals surface area contributed by atoms with E-state index in [-0.39, 0.29) is 13.2 Å². The number of nitrogens with zero attached hydrogens (tertiary/aromatic N) is 7. The first-order chi connectivity index (χ1) is 42.7. The molecule has 0 fully saturated rings. The molecule has 10 rings (SSSR count). The Morgan fingerprint density at radius 1 is 0.598 bits per heavy atom. The van der Waals surface area contributed by atoms with Gasteiger partial charge in [-0.1, -0.05) is 91.9 Å². The standard InChI is InChI=1S/C73H81N7O4S3/c1-7-52-25-26-53-18-17-19-56(73(53)67-22-14-13-20-65(52)67)46-77-76-45-55-28-30-58(79(10-4)11-5)42-72(55)84-48-60(82)50-86-62-33-37-64(38-34-62)87-63-35-31-61(32-36-63)85-49-59(81)47-83-71-41-57(78(8-2)9-3)29-27-54(71)44-75-74-43-51-24-39-70-68(40-51)66-21-15-16-23-69(66)80(70)12-6/h13-24,27-35,37-46,52,59-60,63,81-82H,7-12,25-26,36,47-50H2,1-6H3/b74-43+,75-44+,76-45+,77-46+. The number of hydrogen-bond acceptors (Lipinski definition) is 13. The summed E-state index contributed by atoms with van der Waals surface area (Å²) in [4.78, 5) is 7.96. The molecular weight excluding hydrogens is 1140 g/mol. The minimum atomic E-state index is -0.694. The van der Waals surface area contributed by atoms with Crippen molar-refractivity contribution < 1.29 is 19.7 Å². The number of allylic oxidation sites excluding steroid dienone is 2. The highest BCUT2D eigenvalue weighted by Gasteiger charge is 2.23. The maximum absolute atomic E-state index is 11.2. The van der Waals surface area contributed by atoms with E-state index in [1.165, 1.54) is 49.0 Å². The van der Waals surface area contributed by atoms with Crippen LogP contribution in [0.5, 0.6) is 11.5 Å². The number of rotatable bonds is 28. The van der Waals surface area contributed by atoms with Gasteiger partial charge in [0.05, 0.1) is 37.1 Å². The lowest BCUT2D eigenvalue weighted by atomic mass is 9.88. The highest BCUT2D eigenvalue weighted by molar-refractivity contribution is 8.03. The van der Waals surface area contributed by atoms with E-state index in [2.05, 4.69) is 216 Å². The van der Waals surface area contributed by atoms with Gasteiger partial charge in [-0.2, -0.15) is 20.4 Å². The Morgan fingerprint density at radius 3 is 1.85 bits per heavy atom. The van der Waals surface area contributed by atoms with Crippen molar-refractivity contribution in [1.29, 1.82) is 0 Å². The van der Waals surface area contributed by atoms with E-state index in [4.69, 9.17) is 9.47 Å². The zero-order chi connectivity index (χ0) is 60.5. The normalized spacial score (nSPS) is 15.8. The van der Waals surface area contributed by atoms with Gasteiger partial charge in [0.2, 0.25) is 0 Å². The van der Waals surface area contributed by atoms with E-state index in [9.17, 15) is 10.2 Å². The maximum Gasteiger partial charge on any atom is 0.130 e. The summed E-state index contributed by atoms with van der Waals surface area (Å²) in [6, 6.07) is 51.1. The quantitative estimate of drug-likeness (QED) is 0.0281. The molecule has 7 aromatic carbocycles. The third kappa shape index (κ3) is 15.9. The number of ether oxygens (including phenoxy) is 2. The van der Waals surface area contributed by atoms with Crippen LogP contribution in [0.4, 0.5) is 11.4 Å². The number of aromatic nitrogens is 1. The number of aliphatic hydroxyl groups is 2. The fourth-order valence-corrected chi connectivity index (χ4v) is 14.3. The first-order valence-corrected chi connectivity index (χ1v) is 33.7. The van der Waals surface area contributed by atoms with Gasteiger partial charge in [-0.3, -0.25) is 0 Å². The third-order valence-electron chi connectivity index (χ3n) is 16.3. The molecule has 1 heterocycles. The van der Waals surface area contributed by atoms with Crippen LogP contribution in [-0.4, -0.2) is 108 Å². The molecule has 11 nitrogen and oxygen atoms in total. The minimum absolute atomic E-state index is 0.140. The summed E-state index contributed by atoms with van der Waals surface area (Å²) in [6.45, 7) is 17.7. The monoisotopic (exact) mass is 1220 g/mol. The van der Waals surface area contributed by atoms with Crippen molar-refractivity contribution in [3.63, 3.8) is 0 Å². The van der Waals surface area contributed by atoms with Gasteiger partial charge in [-0.15, -0.1) is 35.3 Å². The topological polar surface area (TPSA) is 120 Å². The van der Waals surface area contributed by atoms with E-state index < -0.39 is 12.2 Å². The predicted octanol–water partition coefficient (Wildman–Crippen LogP) is 16.5. The Bertz CT molecular complexity index is 3790. The lowest BCUT2D eigenvalue weighted by Crippen LogP contribution is -2.23. The number of benzene rings is 7. The maximum atomic E-state index is 11.2. The highest BCUT2D eigenvalue weighted by atomic mass is 32.2. The Hall–Kier alpha value is -7.33. The van der Waals surface area contributed by atoms with Crippen LogP contribution in [0.1, 0.15) is 100 Å². The summed E-state index contributed by atoms with van der Waals surface area (Å²) >= 11 is 5.09. The number of para-hydroxylation sites is 1. The lowest BCUT2D eigenvalue weighted by Gasteiger charge is -2.22. The fraction of sp³-hybridized carbons (Fsp3) is 0.315. The van der Waals surface area contributed by atoms with Crippen molar-refractivity contribution in [2.75, 3.05) is 60.7 Å². The largest absolute Gasteiger partial charge is 0.490 e. The van der Waals surface area contributed by atoms with Gasteiger partial charge in [0.1, 0.15) is 24.7 Å². The van der Waals surface area contributed by atoms with Crippen LogP contribution in [0.2, 0.25) is 0 Å². The third-order valence-corrected chi connectivity index (χ3v) is 19.8. The average Bonchev–Trinajstić information content (AvgIpc) is 1.99. The molecule has 4 unspecified atom stereocenters. The highest BCUT2D eigenvalue weighted by Crippen LogP contribution is 2.41. The molecule has 2 aliphatic rings. The summed E-state index contributed by atoms with van der Waals surface area (Å²) in [5.41, 5.74) is 13.5. The molecule has 0 radical (unpaired) electrons. The number of aliphatic hydroxyl groups excluding tert-OH is 2. The van der Waals surface area contributed by atoms with Gasteiger partial charge in [0.15, 0.2) is 0 Å². The van der Waals surface area contributed by atoms with E-state index in [0.717, 1.165) is 102 Å². The molecule has 8 aromatic rings. The van der Waals surface area contributed by atoms with Crippen LogP contribution in [0.3, 0.4) is 0 Å². The first kappa shape index (κ1) is 62.7. The van der Waals surface area contributed by atoms with Crippen LogP contribution in [0.15, 0.2) is 199 Å². The van der Waals surface area contributed by atoms with E-state index in [0.29, 0.717) is 34.2 Å². The zero-order valence-electron chi connectivity index (χ0n) is 51.0. The number of fused-ring (bicyclic) bond motifs is 6. The van der Waals surface area contributed by atoms with Crippen molar-refractivity contribution in [2.45, 2.75) is 107 Å². The van der Waals surface area contributed by atoms with Crippen molar-refractivity contribution in [1.82, 2.24) is 4.57 Å². The molecule has 14 heteroatoms. The second-order valence-corrected chi connectivity index (χ2v) is 25.3. The van der Waals surface area contributed by atoms with Crippen LogP contribution in [0.25, 0.3) is 32.9 Å². The van der Waals surface area contributed by atoms with E-state index >= 15 is 0 Å². The lowest BCUT2D eigenvalue weighted by molar-refractivity contribution is 0.126. The molecule has 4 atom stereocenters. The molecule has 0 saturated carbocycles. The Balaban J connectivity index is 0.682. The first-order valence-electron chi connectivity index (χ1n) is 30.8. The molecule has 0 amide bonds. The summed E-state index contributed by atoms with van der Waals surface area (Å²) in [5.74, 6) is 2.84. The summed E-state index contributed by atoms with van der Waals surface area (Å²) in [7, 11) is 0. The zero-order valence-corrected chi connectivity index (χ0v) is 53.4. The van der Waals surface area contributed by atoms with Crippen molar-refractivity contribution in [3.05, 3.63) is 202 Å². The predicted molar refractivity (Wildman–Crippen MR) is 373 cm³/mol. The SMILES string of the molecule is CCC1CCc2cccc(/C=N/N=C/c3ccc(N(CC)CC)cc3OCC(O)CSc3ccc(SC4C=CC(SCC(O)COc5cc(N(CC)CC)ccc5/C=N/N=C/c5ccc6c(c5)c5ccccc5n6CC)=CC4)cc3)c2-c2ccccc21. The number of thioether (sulfide) groups is 3. The van der Waals surface area contributed by atoms with Crippen molar-refractivity contribution in [2.24, 2.45) is 20.4 Å². The number of aryl methyl sites for hydroxylation is 2.